The average Bonchev–Trinajstić information content (AvgIpc) is 2.26. The number of nitrogens with zero attached hydrogens (tertiary/aromatic N) is 1. The number of methoxy groups -OCH3 is 1. The van der Waals surface area contributed by atoms with Gasteiger partial charge in [-0.1, -0.05) is 0 Å². The minimum absolute atomic E-state index is 0.0142. The molecule has 5 heteroatoms. The second-order valence-electron chi connectivity index (χ2n) is 2.79. The molecular formula is C10H10N2O3. The third-order valence-corrected chi connectivity index (χ3v) is 2.03. The molecule has 0 aliphatic rings. The number of benzene rings is 1. The number of carbonyl (C=O) groups is 1. The van der Waals surface area contributed by atoms with Gasteiger partial charge in [-0.3, -0.25) is 0 Å². The zero-order valence-corrected chi connectivity index (χ0v) is 8.15. The average molecular weight is 206 g/mol. The molecule has 1 aromatic rings. The Bertz CT molecular complexity index is 435. The third-order valence-electron chi connectivity index (χ3n) is 2.03. The molecule has 1 rings (SSSR count). The summed E-state index contributed by atoms with van der Waals surface area (Å²) in [6.45, 7) is 0.0142. The summed E-state index contributed by atoms with van der Waals surface area (Å²) in [4.78, 5) is 11.0. The number of carboxylic acids is 1. The zero-order chi connectivity index (χ0) is 11.4. The largest absolute Gasteiger partial charge is 0.496 e. The van der Waals surface area contributed by atoms with Gasteiger partial charge in [0.15, 0.2) is 0 Å². The quantitative estimate of drug-likeness (QED) is 0.759. The molecule has 0 heterocycles. The smallest absolute Gasteiger partial charge is 0.337 e. The van der Waals surface area contributed by atoms with Gasteiger partial charge in [-0.05, 0) is 12.1 Å². The van der Waals surface area contributed by atoms with E-state index in [-0.39, 0.29) is 17.7 Å². The molecule has 0 aromatic heterocycles. The summed E-state index contributed by atoms with van der Waals surface area (Å²) < 4.78 is 4.97. The van der Waals surface area contributed by atoms with Crippen LogP contribution in [0, 0.1) is 11.3 Å². The molecule has 0 amide bonds. The van der Waals surface area contributed by atoms with Crippen LogP contribution in [0.2, 0.25) is 0 Å². The fraction of sp³-hybridized carbons (Fsp3) is 0.200. The van der Waals surface area contributed by atoms with E-state index in [0.29, 0.717) is 11.3 Å². The van der Waals surface area contributed by atoms with Gasteiger partial charge in [0, 0.05) is 12.1 Å². The number of hydrogen-bond acceptors (Lipinski definition) is 4. The Balaban J connectivity index is 3.53. The van der Waals surface area contributed by atoms with Gasteiger partial charge in [0.1, 0.15) is 11.8 Å². The predicted octanol–water partition coefficient (Wildman–Crippen LogP) is 0.724. The molecule has 0 unspecified atom stereocenters. The summed E-state index contributed by atoms with van der Waals surface area (Å²) in [6, 6.07) is 4.75. The lowest BCUT2D eigenvalue weighted by Crippen LogP contribution is -2.11. The lowest BCUT2D eigenvalue weighted by molar-refractivity contribution is 0.0695. The topological polar surface area (TPSA) is 96.3 Å². The van der Waals surface area contributed by atoms with Crippen LogP contribution in [0.5, 0.6) is 5.75 Å². The van der Waals surface area contributed by atoms with Gasteiger partial charge in [-0.2, -0.15) is 5.26 Å². The van der Waals surface area contributed by atoms with Crippen LogP contribution in [0.1, 0.15) is 21.5 Å². The molecule has 1 aromatic carbocycles. The summed E-state index contributed by atoms with van der Waals surface area (Å²) in [7, 11) is 1.42. The van der Waals surface area contributed by atoms with Gasteiger partial charge in [0.05, 0.1) is 18.2 Å². The van der Waals surface area contributed by atoms with E-state index in [1.807, 2.05) is 6.07 Å². The number of rotatable bonds is 3. The number of nitrogens with two attached hydrogens (primary N) is 1. The number of hydrogen-bond donors (Lipinski definition) is 2. The van der Waals surface area contributed by atoms with Crippen molar-refractivity contribution in [3.8, 4) is 11.8 Å². The Morgan fingerprint density at radius 2 is 2.33 bits per heavy atom. The van der Waals surface area contributed by atoms with E-state index in [1.54, 1.807) is 0 Å². The number of aromatic carboxylic acids is 1. The molecule has 3 N–H and O–H groups in total. The van der Waals surface area contributed by atoms with Gasteiger partial charge in [0.25, 0.3) is 0 Å². The van der Waals surface area contributed by atoms with Crippen molar-refractivity contribution in [1.82, 2.24) is 0 Å². The molecule has 78 valence electrons. The lowest BCUT2D eigenvalue weighted by Gasteiger charge is -2.10. The number of nitriles is 1. The van der Waals surface area contributed by atoms with Gasteiger partial charge >= 0.3 is 5.97 Å². The second kappa shape index (κ2) is 4.44. The van der Waals surface area contributed by atoms with E-state index in [9.17, 15) is 4.79 Å². The third kappa shape index (κ3) is 1.90. The van der Waals surface area contributed by atoms with Crippen LogP contribution >= 0.6 is 0 Å². The van der Waals surface area contributed by atoms with Crippen LogP contribution in [0.25, 0.3) is 0 Å². The van der Waals surface area contributed by atoms with Crippen molar-refractivity contribution in [2.45, 2.75) is 6.54 Å². The van der Waals surface area contributed by atoms with Crippen molar-refractivity contribution in [2.24, 2.45) is 5.73 Å². The zero-order valence-electron chi connectivity index (χ0n) is 8.15. The lowest BCUT2D eigenvalue weighted by atomic mass is 10.0. The minimum atomic E-state index is -1.18. The first-order valence-corrected chi connectivity index (χ1v) is 4.19. The Labute approximate surface area is 86.7 Å². The highest BCUT2D eigenvalue weighted by Gasteiger charge is 2.18. The fourth-order valence-corrected chi connectivity index (χ4v) is 1.36. The van der Waals surface area contributed by atoms with Gasteiger partial charge in [-0.25, -0.2) is 4.79 Å². The van der Waals surface area contributed by atoms with Gasteiger partial charge in [0.2, 0.25) is 0 Å². The molecule has 0 saturated carbocycles. The van der Waals surface area contributed by atoms with Crippen LogP contribution < -0.4 is 10.5 Å². The highest BCUT2D eigenvalue weighted by Crippen LogP contribution is 2.24. The molecule has 0 saturated heterocycles. The van der Waals surface area contributed by atoms with Crippen molar-refractivity contribution in [2.75, 3.05) is 7.11 Å². The maximum Gasteiger partial charge on any atom is 0.337 e. The van der Waals surface area contributed by atoms with Crippen LogP contribution in [0.15, 0.2) is 12.1 Å². The molecule has 0 aliphatic carbocycles. The molecule has 5 nitrogen and oxygen atoms in total. The SMILES string of the molecule is COc1ccc(C#N)c(C(=O)O)c1CN. The standard InChI is InChI=1S/C10H10N2O3/c1-15-8-3-2-6(4-11)9(10(13)14)7(8)5-12/h2-3H,5,12H2,1H3,(H,13,14). The first-order valence-electron chi connectivity index (χ1n) is 4.19. The molecule has 15 heavy (non-hydrogen) atoms. The van der Waals surface area contributed by atoms with E-state index in [0.717, 1.165) is 0 Å². The first kappa shape index (κ1) is 11.0. The maximum absolute atomic E-state index is 11.0. The highest BCUT2D eigenvalue weighted by molar-refractivity contribution is 5.93. The molecule has 0 aliphatic heterocycles. The first-order chi connectivity index (χ1) is 7.15. The molecule has 0 atom stereocenters. The van der Waals surface area contributed by atoms with Crippen molar-refractivity contribution < 1.29 is 14.6 Å². The van der Waals surface area contributed by atoms with Crippen molar-refractivity contribution in [3.63, 3.8) is 0 Å². The Morgan fingerprint density at radius 1 is 1.67 bits per heavy atom. The van der Waals surface area contributed by atoms with Crippen molar-refractivity contribution in [3.05, 3.63) is 28.8 Å². The number of ether oxygens (including phenoxy) is 1. The van der Waals surface area contributed by atoms with E-state index >= 15 is 0 Å². The molecule has 0 fully saturated rings. The Hall–Kier alpha value is -2.06. The van der Waals surface area contributed by atoms with E-state index in [1.165, 1.54) is 19.2 Å². The minimum Gasteiger partial charge on any atom is -0.496 e. The monoisotopic (exact) mass is 206 g/mol. The summed E-state index contributed by atoms with van der Waals surface area (Å²) >= 11 is 0. The highest BCUT2D eigenvalue weighted by atomic mass is 16.5. The number of carboxylic acid groups (broad SMARTS) is 1. The van der Waals surface area contributed by atoms with Crippen molar-refractivity contribution in [1.29, 1.82) is 5.26 Å². The van der Waals surface area contributed by atoms with Crippen LogP contribution in [-0.2, 0) is 6.54 Å². The summed E-state index contributed by atoms with van der Waals surface area (Å²) in [6.07, 6.45) is 0. The van der Waals surface area contributed by atoms with Crippen LogP contribution in [0.4, 0.5) is 0 Å². The molecule has 0 bridgehead atoms. The van der Waals surface area contributed by atoms with E-state index in [4.69, 9.17) is 20.8 Å². The predicted molar refractivity (Wildman–Crippen MR) is 52.6 cm³/mol. The maximum atomic E-state index is 11.0. The Kier molecular flexibility index (Phi) is 3.26. The second-order valence-corrected chi connectivity index (χ2v) is 2.79. The molecular weight excluding hydrogens is 196 g/mol. The van der Waals surface area contributed by atoms with Gasteiger partial charge in [-0.15, -0.1) is 0 Å². The van der Waals surface area contributed by atoms with E-state index < -0.39 is 5.97 Å². The van der Waals surface area contributed by atoms with E-state index in [2.05, 4.69) is 0 Å². The van der Waals surface area contributed by atoms with Gasteiger partial charge < -0.3 is 15.6 Å². The van der Waals surface area contributed by atoms with Crippen LogP contribution in [-0.4, -0.2) is 18.2 Å². The summed E-state index contributed by atoms with van der Waals surface area (Å²) in [5.41, 5.74) is 5.78. The van der Waals surface area contributed by atoms with Crippen LogP contribution in [0.3, 0.4) is 0 Å². The summed E-state index contributed by atoms with van der Waals surface area (Å²) in [5.74, 6) is -0.792. The van der Waals surface area contributed by atoms with Crippen molar-refractivity contribution >= 4 is 5.97 Å². The normalized spacial score (nSPS) is 9.40. The molecule has 0 spiro atoms. The molecule has 0 radical (unpaired) electrons. The Morgan fingerprint density at radius 3 is 2.73 bits per heavy atom. The fourth-order valence-electron chi connectivity index (χ4n) is 1.36. The summed E-state index contributed by atoms with van der Waals surface area (Å²) in [5, 5.41) is 17.7.